The number of benzene rings is 1. The number of piperazine rings is 1. The van der Waals surface area contributed by atoms with Crippen molar-refractivity contribution in [2.75, 3.05) is 37.6 Å². The van der Waals surface area contributed by atoms with E-state index in [-0.39, 0.29) is 0 Å². The van der Waals surface area contributed by atoms with Crippen LogP contribution in [0.2, 0.25) is 0 Å². The van der Waals surface area contributed by atoms with Gasteiger partial charge in [0.05, 0.1) is 6.10 Å². The van der Waals surface area contributed by atoms with Crippen molar-refractivity contribution in [3.05, 3.63) is 59.9 Å². The van der Waals surface area contributed by atoms with Crippen LogP contribution in [0, 0.1) is 6.92 Å². The SMILES string of the molecule is Cc1ccccc1N1CCN(CC(O)c2cccnc2)CC1. The molecule has 116 valence electrons. The summed E-state index contributed by atoms with van der Waals surface area (Å²) in [5.41, 5.74) is 3.55. The molecule has 1 aliphatic rings. The highest BCUT2D eigenvalue weighted by molar-refractivity contribution is 5.53. The van der Waals surface area contributed by atoms with Crippen molar-refractivity contribution >= 4 is 5.69 Å². The fourth-order valence-electron chi connectivity index (χ4n) is 3.01. The van der Waals surface area contributed by atoms with Gasteiger partial charge in [0.2, 0.25) is 0 Å². The van der Waals surface area contributed by atoms with Crippen molar-refractivity contribution in [3.63, 3.8) is 0 Å². The van der Waals surface area contributed by atoms with Crippen LogP contribution < -0.4 is 4.90 Å². The lowest BCUT2D eigenvalue weighted by molar-refractivity contribution is 0.109. The smallest absolute Gasteiger partial charge is 0.0931 e. The minimum atomic E-state index is -0.460. The van der Waals surface area contributed by atoms with Crippen LogP contribution in [0.1, 0.15) is 17.2 Å². The highest BCUT2D eigenvalue weighted by Gasteiger charge is 2.20. The number of aliphatic hydroxyl groups is 1. The lowest BCUT2D eigenvalue weighted by Crippen LogP contribution is -2.47. The molecule has 1 aliphatic heterocycles. The Morgan fingerprint density at radius 1 is 1.09 bits per heavy atom. The van der Waals surface area contributed by atoms with Crippen molar-refractivity contribution < 1.29 is 5.11 Å². The summed E-state index contributed by atoms with van der Waals surface area (Å²) < 4.78 is 0. The maximum Gasteiger partial charge on any atom is 0.0931 e. The molecular weight excluding hydrogens is 274 g/mol. The highest BCUT2D eigenvalue weighted by Crippen LogP contribution is 2.21. The molecule has 0 radical (unpaired) electrons. The number of pyridine rings is 1. The molecule has 1 N–H and O–H groups in total. The number of aliphatic hydroxyl groups excluding tert-OH is 1. The van der Waals surface area contributed by atoms with E-state index >= 15 is 0 Å². The van der Waals surface area contributed by atoms with Gasteiger partial charge in [-0.3, -0.25) is 9.88 Å². The molecule has 0 bridgehead atoms. The van der Waals surface area contributed by atoms with Gasteiger partial charge >= 0.3 is 0 Å². The molecule has 1 fully saturated rings. The fraction of sp³-hybridized carbons (Fsp3) is 0.389. The number of nitrogens with zero attached hydrogens (tertiary/aromatic N) is 3. The van der Waals surface area contributed by atoms with E-state index in [0.717, 1.165) is 31.7 Å². The van der Waals surface area contributed by atoms with E-state index in [0.29, 0.717) is 6.54 Å². The van der Waals surface area contributed by atoms with Gasteiger partial charge in [0.1, 0.15) is 0 Å². The highest BCUT2D eigenvalue weighted by atomic mass is 16.3. The third-order valence-corrected chi connectivity index (χ3v) is 4.33. The van der Waals surface area contributed by atoms with Crippen LogP contribution in [0.4, 0.5) is 5.69 Å². The van der Waals surface area contributed by atoms with E-state index in [9.17, 15) is 5.11 Å². The maximum atomic E-state index is 10.3. The Bertz CT molecular complexity index is 594. The first-order valence-corrected chi connectivity index (χ1v) is 7.85. The van der Waals surface area contributed by atoms with Gasteiger partial charge in [-0.05, 0) is 24.6 Å². The standard InChI is InChI=1S/C18H23N3O/c1-15-5-2-3-7-17(15)21-11-9-20(10-12-21)14-18(22)16-6-4-8-19-13-16/h2-8,13,18,22H,9-12,14H2,1H3. The van der Waals surface area contributed by atoms with Gasteiger partial charge in [0.25, 0.3) is 0 Å². The molecule has 1 aromatic carbocycles. The first kappa shape index (κ1) is 15.0. The van der Waals surface area contributed by atoms with Gasteiger partial charge in [-0.15, -0.1) is 0 Å². The number of hydrogen-bond donors (Lipinski definition) is 1. The van der Waals surface area contributed by atoms with Gasteiger partial charge in [-0.1, -0.05) is 24.3 Å². The van der Waals surface area contributed by atoms with E-state index in [1.165, 1.54) is 11.3 Å². The minimum Gasteiger partial charge on any atom is -0.387 e. The average Bonchev–Trinajstić information content (AvgIpc) is 2.57. The van der Waals surface area contributed by atoms with Crippen LogP contribution in [-0.4, -0.2) is 47.7 Å². The molecule has 1 aromatic heterocycles. The summed E-state index contributed by atoms with van der Waals surface area (Å²) >= 11 is 0. The van der Waals surface area contributed by atoms with Gasteiger partial charge in [-0.25, -0.2) is 0 Å². The molecule has 0 amide bonds. The lowest BCUT2D eigenvalue weighted by atomic mass is 10.1. The minimum absolute atomic E-state index is 0.460. The molecule has 2 aromatic rings. The molecular formula is C18H23N3O. The second kappa shape index (κ2) is 6.90. The van der Waals surface area contributed by atoms with Crippen LogP contribution in [0.3, 0.4) is 0 Å². The topological polar surface area (TPSA) is 39.6 Å². The summed E-state index contributed by atoms with van der Waals surface area (Å²) in [6.07, 6.45) is 3.02. The summed E-state index contributed by atoms with van der Waals surface area (Å²) in [5.74, 6) is 0. The van der Waals surface area contributed by atoms with Gasteiger partial charge in [0, 0.05) is 56.4 Å². The van der Waals surface area contributed by atoms with E-state index in [4.69, 9.17) is 0 Å². The van der Waals surface area contributed by atoms with E-state index in [2.05, 4.69) is 46.0 Å². The summed E-state index contributed by atoms with van der Waals surface area (Å²) in [5, 5.41) is 10.3. The van der Waals surface area contributed by atoms with Crippen LogP contribution in [0.25, 0.3) is 0 Å². The van der Waals surface area contributed by atoms with Crippen molar-refractivity contribution in [2.24, 2.45) is 0 Å². The molecule has 4 heteroatoms. The van der Waals surface area contributed by atoms with Crippen molar-refractivity contribution in [1.29, 1.82) is 0 Å². The molecule has 4 nitrogen and oxygen atoms in total. The third kappa shape index (κ3) is 3.46. The lowest BCUT2D eigenvalue weighted by Gasteiger charge is -2.37. The fourth-order valence-corrected chi connectivity index (χ4v) is 3.01. The van der Waals surface area contributed by atoms with E-state index < -0.39 is 6.10 Å². The first-order chi connectivity index (χ1) is 10.7. The largest absolute Gasteiger partial charge is 0.387 e. The molecule has 2 heterocycles. The van der Waals surface area contributed by atoms with Gasteiger partial charge < -0.3 is 10.0 Å². The van der Waals surface area contributed by atoms with Crippen LogP contribution >= 0.6 is 0 Å². The molecule has 0 spiro atoms. The second-order valence-electron chi connectivity index (χ2n) is 5.88. The van der Waals surface area contributed by atoms with Gasteiger partial charge in [-0.2, -0.15) is 0 Å². The Morgan fingerprint density at radius 3 is 2.55 bits per heavy atom. The monoisotopic (exact) mass is 297 g/mol. The van der Waals surface area contributed by atoms with E-state index in [1.54, 1.807) is 12.4 Å². The molecule has 3 rings (SSSR count). The molecule has 0 saturated carbocycles. The number of β-amino-alcohol motifs (C(OH)–C–C–N with tert-alkyl or cyclic N) is 1. The summed E-state index contributed by atoms with van der Waals surface area (Å²) in [6, 6.07) is 12.3. The Balaban J connectivity index is 1.55. The van der Waals surface area contributed by atoms with Crippen LogP contribution in [0.5, 0.6) is 0 Å². The number of rotatable bonds is 4. The number of anilines is 1. The number of aryl methyl sites for hydroxylation is 1. The molecule has 0 aliphatic carbocycles. The molecule has 1 unspecified atom stereocenters. The second-order valence-corrected chi connectivity index (χ2v) is 5.88. The van der Waals surface area contributed by atoms with E-state index in [1.807, 2.05) is 12.1 Å². The quantitative estimate of drug-likeness (QED) is 0.939. The molecule has 1 saturated heterocycles. The number of para-hydroxylation sites is 1. The predicted molar refractivity (Wildman–Crippen MR) is 89.0 cm³/mol. The van der Waals surface area contributed by atoms with Crippen LogP contribution in [-0.2, 0) is 0 Å². The Labute approximate surface area is 132 Å². The first-order valence-electron chi connectivity index (χ1n) is 7.85. The Hall–Kier alpha value is -1.91. The van der Waals surface area contributed by atoms with Crippen molar-refractivity contribution in [1.82, 2.24) is 9.88 Å². The Kier molecular flexibility index (Phi) is 4.71. The normalized spacial score (nSPS) is 17.5. The third-order valence-electron chi connectivity index (χ3n) is 4.33. The maximum absolute atomic E-state index is 10.3. The molecule has 1 atom stereocenters. The zero-order chi connectivity index (χ0) is 15.4. The summed E-state index contributed by atoms with van der Waals surface area (Å²) in [4.78, 5) is 8.83. The summed E-state index contributed by atoms with van der Waals surface area (Å²) in [6.45, 7) is 6.80. The summed E-state index contributed by atoms with van der Waals surface area (Å²) in [7, 11) is 0. The molecule has 22 heavy (non-hydrogen) atoms. The number of hydrogen-bond acceptors (Lipinski definition) is 4. The number of aromatic nitrogens is 1. The zero-order valence-corrected chi connectivity index (χ0v) is 13.0. The Morgan fingerprint density at radius 2 is 1.86 bits per heavy atom. The van der Waals surface area contributed by atoms with Crippen molar-refractivity contribution in [2.45, 2.75) is 13.0 Å². The van der Waals surface area contributed by atoms with Crippen LogP contribution in [0.15, 0.2) is 48.8 Å². The van der Waals surface area contributed by atoms with Crippen molar-refractivity contribution in [3.8, 4) is 0 Å². The van der Waals surface area contributed by atoms with Gasteiger partial charge in [0.15, 0.2) is 0 Å². The zero-order valence-electron chi connectivity index (χ0n) is 13.0. The average molecular weight is 297 g/mol. The predicted octanol–water partition coefficient (Wildman–Crippen LogP) is 2.25.